The van der Waals surface area contributed by atoms with Crippen LogP contribution in [0.5, 0.6) is 5.75 Å². The van der Waals surface area contributed by atoms with Gasteiger partial charge < -0.3 is 14.2 Å². The number of carbonyl (C=O) groups is 1. The lowest BCUT2D eigenvalue weighted by atomic mass is 10.1. The Labute approximate surface area is 138 Å². The fraction of sp³-hybridized carbons (Fsp3) is 0.375. The number of halogens is 1. The Morgan fingerprint density at radius 3 is 2.95 bits per heavy atom. The van der Waals surface area contributed by atoms with Crippen molar-refractivity contribution in [1.82, 2.24) is 14.5 Å². The number of fused-ring (bicyclic) bond motifs is 1. The lowest BCUT2D eigenvalue weighted by Crippen LogP contribution is -2.37. The SMILES string of the molecule is COc1ccccc1CC(=O)N1CCc2nc(Br)n(C)c2C1. The first-order valence-corrected chi connectivity index (χ1v) is 7.99. The Morgan fingerprint density at radius 1 is 1.41 bits per heavy atom. The third-order valence-electron chi connectivity index (χ3n) is 4.09. The molecule has 0 aliphatic carbocycles. The minimum absolute atomic E-state index is 0.118. The summed E-state index contributed by atoms with van der Waals surface area (Å²) in [4.78, 5) is 19.0. The van der Waals surface area contributed by atoms with Gasteiger partial charge in [-0.05, 0) is 22.0 Å². The molecule has 0 bridgehead atoms. The number of amides is 1. The summed E-state index contributed by atoms with van der Waals surface area (Å²) in [6.45, 7) is 1.32. The van der Waals surface area contributed by atoms with Crippen LogP contribution in [0.1, 0.15) is 17.0 Å². The molecule has 0 saturated carbocycles. The third kappa shape index (κ3) is 2.75. The number of hydrogen-bond acceptors (Lipinski definition) is 3. The van der Waals surface area contributed by atoms with Gasteiger partial charge in [-0.15, -0.1) is 0 Å². The summed E-state index contributed by atoms with van der Waals surface area (Å²) in [6, 6.07) is 7.66. The lowest BCUT2D eigenvalue weighted by molar-refractivity contribution is -0.131. The number of nitrogens with zero attached hydrogens (tertiary/aromatic N) is 3. The maximum atomic E-state index is 12.6. The monoisotopic (exact) mass is 363 g/mol. The van der Waals surface area contributed by atoms with E-state index in [4.69, 9.17) is 4.74 Å². The molecule has 0 unspecified atom stereocenters. The number of methoxy groups -OCH3 is 1. The van der Waals surface area contributed by atoms with Crippen LogP contribution in [-0.2, 0) is 31.2 Å². The average Bonchev–Trinajstić information content (AvgIpc) is 2.82. The van der Waals surface area contributed by atoms with E-state index < -0.39 is 0 Å². The first-order valence-electron chi connectivity index (χ1n) is 7.19. The highest BCUT2D eigenvalue weighted by molar-refractivity contribution is 9.10. The van der Waals surface area contributed by atoms with E-state index in [2.05, 4.69) is 20.9 Å². The van der Waals surface area contributed by atoms with Crippen LogP contribution in [-0.4, -0.2) is 34.0 Å². The number of rotatable bonds is 3. The maximum absolute atomic E-state index is 12.6. The average molecular weight is 364 g/mol. The number of carbonyl (C=O) groups excluding carboxylic acids is 1. The molecule has 5 nitrogen and oxygen atoms in total. The zero-order chi connectivity index (χ0) is 15.7. The number of benzene rings is 1. The molecule has 0 fully saturated rings. The quantitative estimate of drug-likeness (QED) is 0.840. The van der Waals surface area contributed by atoms with Gasteiger partial charge in [0.05, 0.1) is 31.5 Å². The summed E-state index contributed by atoms with van der Waals surface area (Å²) < 4.78 is 8.14. The molecule has 1 amide bonds. The Hall–Kier alpha value is -1.82. The molecule has 1 aliphatic rings. The zero-order valence-electron chi connectivity index (χ0n) is 12.7. The standard InChI is InChI=1S/C16H18BrN3O2/c1-19-13-10-20(8-7-12(13)18-16(19)17)15(21)9-11-5-3-4-6-14(11)22-2/h3-6H,7-10H2,1-2H3. The molecule has 0 spiro atoms. The Kier molecular flexibility index (Phi) is 4.20. The second-order valence-electron chi connectivity index (χ2n) is 5.39. The number of aromatic nitrogens is 2. The summed E-state index contributed by atoms with van der Waals surface area (Å²) in [5.41, 5.74) is 3.11. The van der Waals surface area contributed by atoms with Crippen LogP contribution in [0.25, 0.3) is 0 Å². The summed E-state index contributed by atoms with van der Waals surface area (Å²) in [6.07, 6.45) is 1.16. The highest BCUT2D eigenvalue weighted by atomic mass is 79.9. The zero-order valence-corrected chi connectivity index (χ0v) is 14.3. The van der Waals surface area contributed by atoms with Crippen LogP contribution in [0.15, 0.2) is 29.0 Å². The second kappa shape index (κ2) is 6.12. The minimum atomic E-state index is 0.118. The van der Waals surface area contributed by atoms with Crippen molar-refractivity contribution >= 4 is 21.8 Å². The van der Waals surface area contributed by atoms with Gasteiger partial charge in [0.1, 0.15) is 5.75 Å². The van der Waals surface area contributed by atoms with E-state index >= 15 is 0 Å². The molecule has 0 atom stereocenters. The van der Waals surface area contributed by atoms with Gasteiger partial charge in [-0.1, -0.05) is 18.2 Å². The molecule has 3 rings (SSSR count). The summed E-state index contributed by atoms with van der Waals surface area (Å²) in [7, 11) is 3.59. The minimum Gasteiger partial charge on any atom is -0.496 e. The van der Waals surface area contributed by atoms with Crippen LogP contribution in [0.2, 0.25) is 0 Å². The van der Waals surface area contributed by atoms with E-state index in [1.807, 2.05) is 40.8 Å². The first-order chi connectivity index (χ1) is 10.6. The van der Waals surface area contributed by atoms with E-state index in [1.165, 1.54) is 0 Å². The van der Waals surface area contributed by atoms with Gasteiger partial charge in [-0.2, -0.15) is 0 Å². The van der Waals surface area contributed by atoms with Gasteiger partial charge in [0.15, 0.2) is 4.73 Å². The van der Waals surface area contributed by atoms with E-state index in [0.29, 0.717) is 19.5 Å². The molecule has 1 aliphatic heterocycles. The predicted molar refractivity (Wildman–Crippen MR) is 86.7 cm³/mol. The van der Waals surface area contributed by atoms with Crippen LogP contribution >= 0.6 is 15.9 Å². The molecule has 0 N–H and O–H groups in total. The van der Waals surface area contributed by atoms with Gasteiger partial charge in [0, 0.05) is 25.6 Å². The van der Waals surface area contributed by atoms with Crippen LogP contribution in [0, 0.1) is 0 Å². The molecule has 22 heavy (non-hydrogen) atoms. The molecular formula is C16H18BrN3O2. The van der Waals surface area contributed by atoms with Crippen molar-refractivity contribution in [2.24, 2.45) is 7.05 Å². The molecule has 2 heterocycles. The molecule has 0 saturated heterocycles. The fourth-order valence-corrected chi connectivity index (χ4v) is 3.22. The number of imidazole rings is 1. The molecule has 0 radical (unpaired) electrons. The normalized spacial score (nSPS) is 13.9. The molecule has 2 aromatic rings. The molecular weight excluding hydrogens is 346 g/mol. The van der Waals surface area contributed by atoms with Crippen molar-refractivity contribution in [1.29, 1.82) is 0 Å². The van der Waals surface area contributed by atoms with E-state index in [-0.39, 0.29) is 5.91 Å². The molecule has 1 aromatic heterocycles. The predicted octanol–water partition coefficient (Wildman–Crippen LogP) is 2.32. The number of para-hydroxylation sites is 1. The van der Waals surface area contributed by atoms with Gasteiger partial charge in [-0.25, -0.2) is 4.98 Å². The summed E-state index contributed by atoms with van der Waals surface area (Å²) in [5, 5.41) is 0. The molecule has 1 aromatic carbocycles. The van der Waals surface area contributed by atoms with Crippen molar-refractivity contribution in [3.05, 3.63) is 46.0 Å². The van der Waals surface area contributed by atoms with Crippen LogP contribution in [0.4, 0.5) is 0 Å². The summed E-state index contributed by atoms with van der Waals surface area (Å²) in [5.74, 6) is 0.879. The smallest absolute Gasteiger partial charge is 0.227 e. The largest absolute Gasteiger partial charge is 0.496 e. The molecule has 116 valence electrons. The van der Waals surface area contributed by atoms with E-state index in [1.54, 1.807) is 7.11 Å². The van der Waals surface area contributed by atoms with Crippen molar-refractivity contribution in [2.75, 3.05) is 13.7 Å². The van der Waals surface area contributed by atoms with Crippen molar-refractivity contribution < 1.29 is 9.53 Å². The van der Waals surface area contributed by atoms with E-state index in [9.17, 15) is 4.79 Å². The van der Waals surface area contributed by atoms with Crippen molar-refractivity contribution in [2.45, 2.75) is 19.4 Å². The van der Waals surface area contributed by atoms with Crippen molar-refractivity contribution in [3.8, 4) is 5.75 Å². The third-order valence-corrected chi connectivity index (χ3v) is 4.80. The van der Waals surface area contributed by atoms with Gasteiger partial charge in [0.2, 0.25) is 5.91 Å². The van der Waals surface area contributed by atoms with Crippen LogP contribution in [0.3, 0.4) is 0 Å². The summed E-state index contributed by atoms with van der Waals surface area (Å²) >= 11 is 3.44. The fourth-order valence-electron chi connectivity index (χ4n) is 2.79. The van der Waals surface area contributed by atoms with Crippen molar-refractivity contribution in [3.63, 3.8) is 0 Å². The first kappa shape index (κ1) is 15.1. The lowest BCUT2D eigenvalue weighted by Gasteiger charge is -2.27. The van der Waals surface area contributed by atoms with Crippen LogP contribution < -0.4 is 4.74 Å². The Balaban J connectivity index is 1.75. The Morgan fingerprint density at radius 2 is 2.18 bits per heavy atom. The Bertz CT molecular complexity index is 711. The second-order valence-corrected chi connectivity index (χ2v) is 6.10. The number of ether oxygens (including phenoxy) is 1. The molecule has 6 heteroatoms. The topological polar surface area (TPSA) is 47.4 Å². The van der Waals surface area contributed by atoms with Gasteiger partial charge in [0.25, 0.3) is 0 Å². The highest BCUT2D eigenvalue weighted by Gasteiger charge is 2.25. The highest BCUT2D eigenvalue weighted by Crippen LogP contribution is 2.24. The van der Waals surface area contributed by atoms with E-state index in [0.717, 1.165) is 33.9 Å². The maximum Gasteiger partial charge on any atom is 0.227 e. The number of hydrogen-bond donors (Lipinski definition) is 0. The van der Waals surface area contributed by atoms with Gasteiger partial charge >= 0.3 is 0 Å². The van der Waals surface area contributed by atoms with Gasteiger partial charge in [-0.3, -0.25) is 4.79 Å².